The molecular formula is C25H28BrClN4O5S2. The third kappa shape index (κ3) is 6.00. The Morgan fingerprint density at radius 2 is 1.82 bits per heavy atom. The number of piperazine rings is 1. The molecule has 2 saturated heterocycles. The Morgan fingerprint density at radius 1 is 1.11 bits per heavy atom. The molecule has 13 heteroatoms. The van der Waals surface area contributed by atoms with E-state index in [1.807, 2.05) is 33.5 Å². The maximum atomic E-state index is 13.8. The van der Waals surface area contributed by atoms with Gasteiger partial charge in [0.25, 0.3) is 0 Å². The lowest BCUT2D eigenvalue weighted by atomic mass is 9.97. The van der Waals surface area contributed by atoms with E-state index in [-0.39, 0.29) is 18.5 Å². The molecule has 204 valence electrons. The quantitative estimate of drug-likeness (QED) is 0.442. The van der Waals surface area contributed by atoms with Crippen LogP contribution in [0, 0.1) is 0 Å². The largest absolute Gasteiger partial charge is 0.496 e. The molecule has 2 aliphatic heterocycles. The highest BCUT2D eigenvalue weighted by Gasteiger charge is 2.53. The van der Waals surface area contributed by atoms with Crippen LogP contribution in [0.1, 0.15) is 18.4 Å². The molecule has 1 aliphatic carbocycles. The maximum absolute atomic E-state index is 13.8. The van der Waals surface area contributed by atoms with E-state index in [0.717, 1.165) is 34.0 Å². The summed E-state index contributed by atoms with van der Waals surface area (Å²) in [5.74, 6) is 0.0966. The van der Waals surface area contributed by atoms with Gasteiger partial charge in [-0.05, 0) is 60.7 Å². The van der Waals surface area contributed by atoms with Crippen LogP contribution in [0.2, 0.25) is 5.02 Å². The average Bonchev–Trinajstić information content (AvgIpc) is 3.69. The Morgan fingerprint density at radius 3 is 2.45 bits per heavy atom. The number of benzene rings is 2. The fourth-order valence-electron chi connectivity index (χ4n) is 5.00. The molecule has 2 amide bonds. The van der Waals surface area contributed by atoms with E-state index in [9.17, 15) is 18.0 Å². The molecule has 1 N–H and O–H groups in total. The zero-order valence-electron chi connectivity index (χ0n) is 20.8. The first kappa shape index (κ1) is 27.7. The number of rotatable bonds is 8. The van der Waals surface area contributed by atoms with E-state index in [4.69, 9.17) is 16.3 Å². The normalized spacial score (nSPS) is 24.5. The fraction of sp³-hybridized carbons (Fsp3) is 0.440. The van der Waals surface area contributed by atoms with Gasteiger partial charge in [0.2, 0.25) is 21.8 Å². The lowest BCUT2D eigenvalue weighted by molar-refractivity contribution is -0.166. The van der Waals surface area contributed by atoms with Crippen LogP contribution in [0.3, 0.4) is 0 Å². The van der Waals surface area contributed by atoms with Gasteiger partial charge in [0.1, 0.15) is 24.0 Å². The second-order valence-electron chi connectivity index (χ2n) is 9.72. The minimum atomic E-state index is -3.70. The number of ether oxygens (including phenoxy) is 1. The standard InChI is InChI=1S/C25H28BrClN4O5S2/c1-36-21-10-7-17(27)12-22(21)37-30-13-19(28-38(2,34)35)24(32)31-20(11-15-3-5-16(26)6-4-15)25(33)29(14-23(30)31)18-8-9-18/h3-7,10,12,18-20,23,28H,8-9,11,13-14H2,1-2H3. The number of nitrogens with zero attached hydrogens (tertiary/aromatic N) is 3. The van der Waals surface area contributed by atoms with E-state index in [1.165, 1.54) is 11.9 Å². The van der Waals surface area contributed by atoms with Crippen molar-refractivity contribution in [1.82, 2.24) is 18.8 Å². The highest BCUT2D eigenvalue weighted by atomic mass is 79.9. The van der Waals surface area contributed by atoms with Crippen molar-refractivity contribution in [2.75, 3.05) is 26.5 Å². The first-order chi connectivity index (χ1) is 18.0. The zero-order chi connectivity index (χ0) is 27.2. The summed E-state index contributed by atoms with van der Waals surface area (Å²) in [6.45, 7) is 0.457. The van der Waals surface area contributed by atoms with Gasteiger partial charge in [0, 0.05) is 28.5 Å². The van der Waals surface area contributed by atoms with Gasteiger partial charge in [-0.3, -0.25) is 9.59 Å². The van der Waals surface area contributed by atoms with E-state index in [2.05, 4.69) is 20.7 Å². The van der Waals surface area contributed by atoms with Crippen LogP contribution in [0.15, 0.2) is 51.8 Å². The number of carbonyl (C=O) groups is 2. The molecule has 3 atom stereocenters. The van der Waals surface area contributed by atoms with Gasteiger partial charge < -0.3 is 14.5 Å². The molecule has 3 aliphatic rings. The Kier molecular flexibility index (Phi) is 8.01. The maximum Gasteiger partial charge on any atom is 0.246 e. The van der Waals surface area contributed by atoms with E-state index < -0.39 is 34.2 Å². The number of sulfonamides is 1. The third-order valence-corrected chi connectivity index (χ3v) is 9.48. The summed E-state index contributed by atoms with van der Waals surface area (Å²) < 4.78 is 35.3. The highest BCUT2D eigenvalue weighted by Crippen LogP contribution is 2.41. The lowest BCUT2D eigenvalue weighted by Crippen LogP contribution is -2.74. The number of carbonyl (C=O) groups excluding carboxylic acids is 2. The van der Waals surface area contributed by atoms with Gasteiger partial charge in [0.05, 0.1) is 24.8 Å². The molecule has 0 spiro atoms. The van der Waals surface area contributed by atoms with Crippen LogP contribution in [-0.2, 0) is 26.0 Å². The Hall–Kier alpha value is -1.83. The predicted octanol–water partition coefficient (Wildman–Crippen LogP) is 3.12. The highest BCUT2D eigenvalue weighted by molar-refractivity contribution is 9.10. The summed E-state index contributed by atoms with van der Waals surface area (Å²) in [4.78, 5) is 31.9. The summed E-state index contributed by atoms with van der Waals surface area (Å²) in [6.07, 6.45) is 2.75. The second kappa shape index (κ2) is 11.0. The molecule has 2 aromatic rings. The van der Waals surface area contributed by atoms with Gasteiger partial charge in [-0.15, -0.1) is 0 Å². The molecule has 38 heavy (non-hydrogen) atoms. The van der Waals surface area contributed by atoms with Crippen molar-refractivity contribution in [3.8, 4) is 5.75 Å². The van der Waals surface area contributed by atoms with Crippen LogP contribution in [-0.4, -0.2) is 85.1 Å². The molecule has 2 aromatic carbocycles. The topological polar surface area (TPSA) is 99.3 Å². The fourth-order valence-corrected chi connectivity index (χ4v) is 7.38. The second-order valence-corrected chi connectivity index (χ2v) is 13.9. The molecule has 1 saturated carbocycles. The van der Waals surface area contributed by atoms with Crippen LogP contribution < -0.4 is 9.46 Å². The first-order valence-electron chi connectivity index (χ1n) is 12.2. The SMILES string of the molecule is COc1ccc(Cl)cc1SN1CC(NS(C)(=O)=O)C(=O)N2C(Cc3ccc(Br)cc3)C(=O)N(C3CC3)CC12. The van der Waals surface area contributed by atoms with Crippen LogP contribution in [0.5, 0.6) is 5.75 Å². The molecule has 3 unspecified atom stereocenters. The molecular weight excluding hydrogens is 616 g/mol. The molecule has 9 nitrogen and oxygen atoms in total. The summed E-state index contributed by atoms with van der Waals surface area (Å²) in [5, 5.41) is 0.524. The van der Waals surface area contributed by atoms with Crippen LogP contribution in [0.25, 0.3) is 0 Å². The minimum Gasteiger partial charge on any atom is -0.496 e. The van der Waals surface area contributed by atoms with Gasteiger partial charge in [-0.1, -0.05) is 39.7 Å². The summed E-state index contributed by atoms with van der Waals surface area (Å²) in [7, 11) is -2.13. The van der Waals surface area contributed by atoms with Gasteiger partial charge >= 0.3 is 0 Å². The molecule has 5 rings (SSSR count). The van der Waals surface area contributed by atoms with E-state index in [1.54, 1.807) is 30.2 Å². The van der Waals surface area contributed by atoms with Crippen molar-refractivity contribution >= 4 is 61.3 Å². The molecule has 2 heterocycles. The van der Waals surface area contributed by atoms with Gasteiger partial charge in [0.15, 0.2) is 0 Å². The van der Waals surface area contributed by atoms with E-state index >= 15 is 0 Å². The van der Waals surface area contributed by atoms with Crippen molar-refractivity contribution in [3.05, 3.63) is 57.5 Å². The average molecular weight is 644 g/mol. The molecule has 0 radical (unpaired) electrons. The lowest BCUT2D eigenvalue weighted by Gasteiger charge is -2.53. The van der Waals surface area contributed by atoms with Crippen molar-refractivity contribution < 1.29 is 22.7 Å². The zero-order valence-corrected chi connectivity index (χ0v) is 24.8. The molecule has 0 aromatic heterocycles. The number of amides is 2. The summed E-state index contributed by atoms with van der Waals surface area (Å²) >= 11 is 11.1. The third-order valence-electron chi connectivity index (χ3n) is 6.86. The monoisotopic (exact) mass is 642 g/mol. The number of fused-ring (bicyclic) bond motifs is 1. The summed E-state index contributed by atoms with van der Waals surface area (Å²) in [5.41, 5.74) is 0.907. The van der Waals surface area contributed by atoms with Crippen LogP contribution >= 0.6 is 39.5 Å². The van der Waals surface area contributed by atoms with Crippen molar-refractivity contribution in [2.45, 2.75) is 48.4 Å². The number of hydrogen-bond acceptors (Lipinski definition) is 7. The van der Waals surface area contributed by atoms with E-state index in [0.29, 0.717) is 23.7 Å². The van der Waals surface area contributed by atoms with Crippen LogP contribution in [0.4, 0.5) is 0 Å². The Labute approximate surface area is 240 Å². The minimum absolute atomic E-state index is 0.106. The smallest absolute Gasteiger partial charge is 0.246 e. The Bertz CT molecular complexity index is 1340. The van der Waals surface area contributed by atoms with Gasteiger partial charge in [-0.25, -0.2) is 17.4 Å². The van der Waals surface area contributed by atoms with Crippen molar-refractivity contribution in [3.63, 3.8) is 0 Å². The Balaban J connectivity index is 1.55. The predicted molar refractivity (Wildman–Crippen MR) is 149 cm³/mol. The number of nitrogens with one attached hydrogen (secondary N) is 1. The molecule has 3 fully saturated rings. The van der Waals surface area contributed by atoms with Crippen molar-refractivity contribution in [1.29, 1.82) is 0 Å². The first-order valence-corrected chi connectivity index (χ1v) is 16.0. The molecule has 0 bridgehead atoms. The number of methoxy groups -OCH3 is 1. The van der Waals surface area contributed by atoms with Crippen molar-refractivity contribution in [2.24, 2.45) is 0 Å². The van der Waals surface area contributed by atoms with Gasteiger partial charge in [-0.2, -0.15) is 0 Å². The number of hydrogen-bond donors (Lipinski definition) is 1. The number of halogens is 2. The summed E-state index contributed by atoms with van der Waals surface area (Å²) in [6, 6.07) is 11.3.